The number of nitrogens with zero attached hydrogens (tertiary/aromatic N) is 1. The Balaban J connectivity index is 2.35. The maximum atomic E-state index is 3.69. The van der Waals surface area contributed by atoms with E-state index in [4.69, 9.17) is 0 Å². The highest BCUT2D eigenvalue weighted by Crippen LogP contribution is 2.19. The highest BCUT2D eigenvalue weighted by atomic mass is 79.9. The van der Waals surface area contributed by atoms with E-state index >= 15 is 0 Å². The first kappa shape index (κ1) is 11.0. The van der Waals surface area contributed by atoms with E-state index in [1.165, 1.54) is 43.4 Å². The molecule has 0 N–H and O–H groups in total. The summed E-state index contributed by atoms with van der Waals surface area (Å²) in [5.74, 6) is 0. The molecule has 1 heterocycles. The van der Waals surface area contributed by atoms with Crippen molar-refractivity contribution in [1.29, 1.82) is 0 Å². The Morgan fingerprint density at radius 3 is 2.33 bits per heavy atom. The molecule has 0 bridgehead atoms. The Bertz CT molecular complexity index is 132. The lowest BCUT2D eigenvalue weighted by Crippen LogP contribution is -2.51. The van der Waals surface area contributed by atoms with Gasteiger partial charge in [0.1, 0.15) is 0 Å². The number of halogens is 2. The van der Waals surface area contributed by atoms with Gasteiger partial charge in [-0.05, 0) is 19.3 Å². The summed E-state index contributed by atoms with van der Waals surface area (Å²) in [4.78, 5) is 0.639. The summed E-state index contributed by atoms with van der Waals surface area (Å²) in [6, 6.07) is 0. The first-order valence-electron chi connectivity index (χ1n) is 4.70. The van der Waals surface area contributed by atoms with Crippen molar-refractivity contribution in [1.82, 2.24) is 0 Å². The Kier molecular flexibility index (Phi) is 4.55. The number of rotatable bonds is 3. The molecule has 0 aromatic heterocycles. The van der Waals surface area contributed by atoms with Crippen LogP contribution in [-0.4, -0.2) is 41.3 Å². The predicted octanol–water partition coefficient (Wildman–Crippen LogP) is 2.78. The minimum Gasteiger partial charge on any atom is -0.325 e. The zero-order valence-corrected chi connectivity index (χ0v) is 10.9. The van der Waals surface area contributed by atoms with E-state index in [1.54, 1.807) is 0 Å². The van der Waals surface area contributed by atoms with E-state index < -0.39 is 0 Å². The van der Waals surface area contributed by atoms with E-state index in [0.717, 1.165) is 5.33 Å². The SMILES string of the molecule is C[N+]1(C[C@H](Br)CBr)CCCCC1. The molecule has 1 saturated heterocycles. The van der Waals surface area contributed by atoms with Crippen molar-refractivity contribution in [3.63, 3.8) is 0 Å². The van der Waals surface area contributed by atoms with Gasteiger partial charge in [-0.1, -0.05) is 31.9 Å². The largest absolute Gasteiger partial charge is 0.325 e. The number of hydrogen-bond acceptors (Lipinski definition) is 0. The van der Waals surface area contributed by atoms with Gasteiger partial charge in [0.25, 0.3) is 0 Å². The summed E-state index contributed by atoms with van der Waals surface area (Å²) >= 11 is 7.19. The van der Waals surface area contributed by atoms with Gasteiger partial charge in [-0.25, -0.2) is 0 Å². The molecule has 1 nitrogen and oxygen atoms in total. The van der Waals surface area contributed by atoms with Crippen LogP contribution in [0, 0.1) is 0 Å². The molecule has 1 aliphatic rings. The molecule has 1 atom stereocenters. The highest BCUT2D eigenvalue weighted by Gasteiger charge is 2.26. The van der Waals surface area contributed by atoms with Crippen molar-refractivity contribution in [3.8, 4) is 0 Å². The monoisotopic (exact) mass is 298 g/mol. The molecule has 0 unspecified atom stereocenters. The van der Waals surface area contributed by atoms with Crippen LogP contribution in [0.25, 0.3) is 0 Å². The van der Waals surface area contributed by atoms with Gasteiger partial charge in [0, 0.05) is 5.33 Å². The van der Waals surface area contributed by atoms with Gasteiger partial charge in [0.2, 0.25) is 0 Å². The maximum absolute atomic E-state index is 3.69. The van der Waals surface area contributed by atoms with Crippen molar-refractivity contribution >= 4 is 31.9 Å². The summed E-state index contributed by atoms with van der Waals surface area (Å²) in [5, 5.41) is 1.07. The van der Waals surface area contributed by atoms with Crippen LogP contribution in [0.4, 0.5) is 0 Å². The van der Waals surface area contributed by atoms with Crippen LogP contribution in [-0.2, 0) is 0 Å². The first-order chi connectivity index (χ1) is 5.66. The van der Waals surface area contributed by atoms with Crippen molar-refractivity contribution in [2.24, 2.45) is 0 Å². The van der Waals surface area contributed by atoms with Gasteiger partial charge >= 0.3 is 0 Å². The molecule has 0 aromatic rings. The van der Waals surface area contributed by atoms with Crippen molar-refractivity contribution in [3.05, 3.63) is 0 Å². The summed E-state index contributed by atoms with van der Waals surface area (Å²) in [6.45, 7) is 4.01. The Morgan fingerprint density at radius 1 is 1.25 bits per heavy atom. The summed E-state index contributed by atoms with van der Waals surface area (Å²) in [5.41, 5.74) is 0. The average molecular weight is 300 g/mol. The van der Waals surface area contributed by atoms with Gasteiger partial charge in [0.15, 0.2) is 0 Å². The zero-order valence-electron chi connectivity index (χ0n) is 7.73. The summed E-state index contributed by atoms with van der Waals surface area (Å²) < 4.78 is 1.27. The number of quaternary nitrogens is 1. The molecule has 72 valence electrons. The van der Waals surface area contributed by atoms with Crippen LogP contribution in [0.5, 0.6) is 0 Å². The lowest BCUT2D eigenvalue weighted by Gasteiger charge is -2.38. The molecule has 0 radical (unpaired) electrons. The normalized spacial score (nSPS) is 25.2. The third-order valence-corrected chi connectivity index (χ3v) is 4.97. The first-order valence-corrected chi connectivity index (χ1v) is 6.74. The molecule has 1 aliphatic heterocycles. The molecule has 0 aliphatic carbocycles. The minimum atomic E-state index is 0.639. The lowest BCUT2D eigenvalue weighted by atomic mass is 10.1. The third kappa shape index (κ3) is 3.35. The Hall–Kier alpha value is 0.920. The molecule has 1 rings (SSSR count). The molecule has 0 aromatic carbocycles. The van der Waals surface area contributed by atoms with E-state index in [0.29, 0.717) is 4.83 Å². The summed E-state index contributed by atoms with van der Waals surface area (Å²) in [7, 11) is 2.38. The second kappa shape index (κ2) is 4.97. The zero-order chi connectivity index (χ0) is 9.03. The van der Waals surface area contributed by atoms with Gasteiger partial charge in [-0.3, -0.25) is 0 Å². The minimum absolute atomic E-state index is 0.639. The topological polar surface area (TPSA) is 0 Å². The number of hydrogen-bond donors (Lipinski definition) is 0. The average Bonchev–Trinajstić information content (AvgIpc) is 2.05. The van der Waals surface area contributed by atoms with Crippen LogP contribution >= 0.6 is 31.9 Å². The molecular weight excluding hydrogens is 282 g/mol. The molecule has 0 saturated carbocycles. The van der Waals surface area contributed by atoms with Crippen molar-refractivity contribution in [2.75, 3.05) is 32.0 Å². The molecule has 3 heteroatoms. The van der Waals surface area contributed by atoms with Crippen LogP contribution in [0.2, 0.25) is 0 Å². The van der Waals surface area contributed by atoms with Crippen LogP contribution in [0.15, 0.2) is 0 Å². The third-order valence-electron chi connectivity index (χ3n) is 2.70. The van der Waals surface area contributed by atoms with Gasteiger partial charge in [-0.15, -0.1) is 0 Å². The maximum Gasteiger partial charge on any atom is 0.0919 e. The van der Waals surface area contributed by atoms with E-state index in [1.807, 2.05) is 0 Å². The predicted molar refractivity (Wildman–Crippen MR) is 61.1 cm³/mol. The second-order valence-corrected chi connectivity index (χ2v) is 6.00. The number of piperidine rings is 1. The van der Waals surface area contributed by atoms with Gasteiger partial charge in [0.05, 0.1) is 31.5 Å². The molecule has 0 spiro atoms. The standard InChI is InChI=1S/C9H18Br2N/c1-12(8-9(11)7-10)5-3-2-4-6-12/h9H,2-8H2,1H3/q+1/t9-/m1/s1. The van der Waals surface area contributed by atoms with E-state index in [9.17, 15) is 0 Å². The lowest BCUT2D eigenvalue weighted by molar-refractivity contribution is -0.913. The smallest absolute Gasteiger partial charge is 0.0919 e. The van der Waals surface area contributed by atoms with Crippen molar-refractivity contribution in [2.45, 2.75) is 24.1 Å². The Morgan fingerprint density at radius 2 is 1.83 bits per heavy atom. The fourth-order valence-electron chi connectivity index (χ4n) is 1.99. The van der Waals surface area contributed by atoms with E-state index in [2.05, 4.69) is 38.9 Å². The molecule has 1 fully saturated rings. The highest BCUT2D eigenvalue weighted by molar-refractivity contribution is 9.12. The second-order valence-electron chi connectivity index (χ2n) is 4.06. The van der Waals surface area contributed by atoms with Crippen LogP contribution in [0.1, 0.15) is 19.3 Å². The molecule has 0 amide bonds. The molecule has 12 heavy (non-hydrogen) atoms. The molecular formula is C9H18Br2N+. The van der Waals surface area contributed by atoms with Crippen LogP contribution in [0.3, 0.4) is 0 Å². The van der Waals surface area contributed by atoms with Gasteiger partial charge in [-0.2, -0.15) is 0 Å². The van der Waals surface area contributed by atoms with Gasteiger partial charge < -0.3 is 4.48 Å². The summed E-state index contributed by atoms with van der Waals surface area (Å²) in [6.07, 6.45) is 4.27. The number of alkyl halides is 2. The fraction of sp³-hybridized carbons (Fsp3) is 1.00. The van der Waals surface area contributed by atoms with Crippen LogP contribution < -0.4 is 0 Å². The quantitative estimate of drug-likeness (QED) is 0.555. The fourth-order valence-corrected chi connectivity index (χ4v) is 2.89. The van der Waals surface area contributed by atoms with E-state index in [-0.39, 0.29) is 0 Å². The Labute approximate surface area is 92.4 Å². The number of likely N-dealkylation sites (tertiary alicyclic amines) is 1. The van der Waals surface area contributed by atoms with Crippen molar-refractivity contribution < 1.29 is 4.48 Å².